The zero-order valence-corrected chi connectivity index (χ0v) is 12.0. The number of nitrogens with zero attached hydrogens (tertiary/aromatic N) is 1. The molecule has 20 heavy (non-hydrogen) atoms. The Morgan fingerprint density at radius 3 is 2.75 bits per heavy atom. The van der Waals surface area contributed by atoms with Gasteiger partial charge in [-0.3, -0.25) is 4.57 Å². The van der Waals surface area contributed by atoms with Gasteiger partial charge in [-0.1, -0.05) is 6.92 Å². The molecule has 0 amide bonds. The number of sulfonamides is 1. The highest BCUT2D eigenvalue weighted by atomic mass is 32.2. The molecule has 8 heteroatoms. The zero-order chi connectivity index (χ0) is 14.9. The Morgan fingerprint density at radius 1 is 1.45 bits per heavy atom. The second-order valence-corrected chi connectivity index (χ2v) is 6.18. The average molecular weight is 300 g/mol. The van der Waals surface area contributed by atoms with Gasteiger partial charge in [-0.15, -0.1) is 0 Å². The average Bonchev–Trinajstić information content (AvgIpc) is 2.71. The Labute approximate surface area is 115 Å². The van der Waals surface area contributed by atoms with Gasteiger partial charge >= 0.3 is 5.76 Å². The lowest BCUT2D eigenvalue weighted by molar-refractivity contribution is 0.254. The van der Waals surface area contributed by atoms with Crippen LogP contribution in [0.4, 0.5) is 0 Å². The first-order valence-corrected chi connectivity index (χ1v) is 7.60. The van der Waals surface area contributed by atoms with Crippen molar-refractivity contribution in [2.75, 3.05) is 6.61 Å². The van der Waals surface area contributed by atoms with Gasteiger partial charge in [0.15, 0.2) is 5.58 Å². The minimum Gasteiger partial charge on any atom is -0.408 e. The van der Waals surface area contributed by atoms with Crippen molar-refractivity contribution >= 4 is 21.1 Å². The summed E-state index contributed by atoms with van der Waals surface area (Å²) in [7, 11) is -2.22. The fourth-order valence-corrected chi connectivity index (χ4v) is 3.14. The molecule has 2 N–H and O–H groups in total. The molecule has 0 aliphatic carbocycles. The fourth-order valence-electron chi connectivity index (χ4n) is 1.82. The number of nitrogens with one attached hydrogen (secondary N) is 1. The van der Waals surface area contributed by atoms with E-state index in [-0.39, 0.29) is 17.1 Å². The van der Waals surface area contributed by atoms with Crippen molar-refractivity contribution in [1.29, 1.82) is 0 Å². The summed E-state index contributed by atoms with van der Waals surface area (Å²) >= 11 is 0. The van der Waals surface area contributed by atoms with Crippen LogP contribution in [0, 0.1) is 0 Å². The van der Waals surface area contributed by atoms with Crippen molar-refractivity contribution in [3.05, 3.63) is 28.7 Å². The van der Waals surface area contributed by atoms with Gasteiger partial charge in [0.25, 0.3) is 0 Å². The van der Waals surface area contributed by atoms with E-state index in [9.17, 15) is 13.2 Å². The number of aromatic nitrogens is 1. The third-order valence-electron chi connectivity index (χ3n) is 3.11. The lowest BCUT2D eigenvalue weighted by atomic mass is 10.3. The molecule has 0 radical (unpaired) electrons. The number of hydrogen-bond acceptors (Lipinski definition) is 5. The van der Waals surface area contributed by atoms with Gasteiger partial charge in [0.2, 0.25) is 10.0 Å². The zero-order valence-electron chi connectivity index (χ0n) is 11.2. The third-order valence-corrected chi connectivity index (χ3v) is 4.63. The molecule has 1 heterocycles. The quantitative estimate of drug-likeness (QED) is 0.820. The highest BCUT2D eigenvalue weighted by Crippen LogP contribution is 2.18. The summed E-state index contributed by atoms with van der Waals surface area (Å²) in [5, 5.41) is 9.06. The number of hydrogen-bond donors (Lipinski definition) is 2. The Hall–Kier alpha value is -1.64. The molecule has 7 nitrogen and oxygen atoms in total. The van der Waals surface area contributed by atoms with Gasteiger partial charge in [-0.25, -0.2) is 17.9 Å². The highest BCUT2D eigenvalue weighted by Gasteiger charge is 2.20. The molecule has 1 aromatic heterocycles. The first kappa shape index (κ1) is 14.8. The van der Waals surface area contributed by atoms with Crippen molar-refractivity contribution in [3.63, 3.8) is 0 Å². The van der Waals surface area contributed by atoms with Crippen molar-refractivity contribution in [2.24, 2.45) is 7.05 Å². The minimum atomic E-state index is -3.76. The van der Waals surface area contributed by atoms with Gasteiger partial charge in [-0.05, 0) is 18.6 Å². The van der Waals surface area contributed by atoms with E-state index in [2.05, 4.69) is 4.72 Å². The van der Waals surface area contributed by atoms with Crippen molar-refractivity contribution in [1.82, 2.24) is 9.29 Å². The van der Waals surface area contributed by atoms with Crippen molar-refractivity contribution < 1.29 is 17.9 Å². The predicted octanol–water partition coefficient (Wildman–Crippen LogP) is 0.181. The molecule has 0 spiro atoms. The maximum Gasteiger partial charge on any atom is 0.419 e. The van der Waals surface area contributed by atoms with Crippen molar-refractivity contribution in [2.45, 2.75) is 24.3 Å². The SMILES string of the molecule is CCC(CO)NS(=O)(=O)c1ccc2c(c1)oc(=O)n2C. The summed E-state index contributed by atoms with van der Waals surface area (Å²) in [5.41, 5.74) is 0.723. The summed E-state index contributed by atoms with van der Waals surface area (Å²) in [6.45, 7) is 1.49. The second-order valence-electron chi connectivity index (χ2n) is 4.47. The van der Waals surface area contributed by atoms with Crippen LogP contribution in [0.5, 0.6) is 0 Å². The Balaban J connectivity index is 2.44. The molecule has 1 atom stereocenters. The molecule has 0 aliphatic rings. The molecular weight excluding hydrogens is 284 g/mol. The molecule has 0 fully saturated rings. The molecule has 0 aliphatic heterocycles. The van der Waals surface area contributed by atoms with E-state index >= 15 is 0 Å². The largest absolute Gasteiger partial charge is 0.419 e. The number of aryl methyl sites for hydroxylation is 1. The minimum absolute atomic E-state index is 0.00810. The standard InChI is InChI=1S/C12H16N2O5S/c1-3-8(7-15)13-20(17,18)9-4-5-10-11(6-9)19-12(16)14(10)2/h4-6,8,13,15H,3,7H2,1-2H3. The smallest absolute Gasteiger partial charge is 0.408 e. The third kappa shape index (κ3) is 2.62. The van der Waals surface area contributed by atoms with Gasteiger partial charge in [0.05, 0.1) is 17.0 Å². The lowest BCUT2D eigenvalue weighted by Gasteiger charge is -2.14. The normalized spacial score (nSPS) is 13.8. The molecule has 1 unspecified atom stereocenters. The van der Waals surface area contributed by atoms with Crippen LogP contribution in [0.1, 0.15) is 13.3 Å². The van der Waals surface area contributed by atoms with Crippen LogP contribution in [-0.2, 0) is 17.1 Å². The van der Waals surface area contributed by atoms with Gasteiger partial charge < -0.3 is 9.52 Å². The molecule has 1 aromatic carbocycles. The molecule has 2 aromatic rings. The topological polar surface area (TPSA) is 102 Å². The Morgan fingerprint density at radius 2 is 2.15 bits per heavy atom. The van der Waals surface area contributed by atoms with E-state index in [4.69, 9.17) is 9.52 Å². The maximum absolute atomic E-state index is 12.1. The molecule has 110 valence electrons. The van der Waals surface area contributed by atoms with E-state index < -0.39 is 21.8 Å². The van der Waals surface area contributed by atoms with E-state index in [0.717, 1.165) is 0 Å². The number of aliphatic hydroxyl groups is 1. The van der Waals surface area contributed by atoms with E-state index in [1.807, 2.05) is 0 Å². The fraction of sp³-hybridized carbons (Fsp3) is 0.417. The molecular formula is C12H16N2O5S. The highest BCUT2D eigenvalue weighted by molar-refractivity contribution is 7.89. The molecule has 2 rings (SSSR count). The van der Waals surface area contributed by atoms with Crippen molar-refractivity contribution in [3.8, 4) is 0 Å². The summed E-state index contributed by atoms with van der Waals surface area (Å²) < 4.78 is 32.9. The summed E-state index contributed by atoms with van der Waals surface area (Å²) in [6.07, 6.45) is 0.471. The second kappa shape index (κ2) is 5.39. The van der Waals surface area contributed by atoms with Gasteiger partial charge in [0.1, 0.15) is 0 Å². The van der Waals surface area contributed by atoms with E-state index in [1.165, 1.54) is 22.8 Å². The lowest BCUT2D eigenvalue weighted by Crippen LogP contribution is -2.36. The summed E-state index contributed by atoms with van der Waals surface area (Å²) in [4.78, 5) is 11.4. The molecule has 0 saturated carbocycles. The number of fused-ring (bicyclic) bond motifs is 1. The monoisotopic (exact) mass is 300 g/mol. The summed E-state index contributed by atoms with van der Waals surface area (Å²) in [5.74, 6) is -0.552. The maximum atomic E-state index is 12.1. The predicted molar refractivity (Wildman–Crippen MR) is 72.9 cm³/mol. The molecule has 0 saturated heterocycles. The first-order chi connectivity index (χ1) is 9.39. The first-order valence-electron chi connectivity index (χ1n) is 6.11. The Kier molecular flexibility index (Phi) is 3.98. The van der Waals surface area contributed by atoms with Crippen LogP contribution in [0.3, 0.4) is 0 Å². The Bertz CT molecular complexity index is 771. The van der Waals surface area contributed by atoms with E-state index in [0.29, 0.717) is 11.9 Å². The number of benzene rings is 1. The number of oxazole rings is 1. The van der Waals surface area contributed by atoms with Crippen LogP contribution in [0.15, 0.2) is 32.3 Å². The van der Waals surface area contributed by atoms with Gasteiger partial charge in [0, 0.05) is 19.2 Å². The molecule has 0 bridgehead atoms. The number of rotatable bonds is 5. The van der Waals surface area contributed by atoms with Crippen LogP contribution in [0.25, 0.3) is 11.1 Å². The van der Waals surface area contributed by atoms with E-state index in [1.54, 1.807) is 14.0 Å². The number of aliphatic hydroxyl groups excluding tert-OH is 1. The van der Waals surface area contributed by atoms with Crippen LogP contribution in [0.2, 0.25) is 0 Å². The van der Waals surface area contributed by atoms with Gasteiger partial charge in [-0.2, -0.15) is 0 Å². The van der Waals surface area contributed by atoms with Crippen LogP contribution < -0.4 is 10.5 Å². The summed E-state index contributed by atoms with van der Waals surface area (Å²) in [6, 6.07) is 3.65. The van der Waals surface area contributed by atoms with Crippen LogP contribution >= 0.6 is 0 Å². The van der Waals surface area contributed by atoms with Crippen LogP contribution in [-0.4, -0.2) is 30.7 Å².